The molecule has 0 amide bonds. The first-order valence-electron chi connectivity index (χ1n) is 6.79. The Morgan fingerprint density at radius 2 is 1.81 bits per heavy atom. The SMILES string of the molecule is COc1ccc(C(C)Nc2cc(C)ccc2OC)c(F)c1. The summed E-state index contributed by atoms with van der Waals surface area (Å²) in [6.07, 6.45) is 0. The molecular weight excluding hydrogens is 269 g/mol. The molecule has 0 saturated carbocycles. The fourth-order valence-electron chi connectivity index (χ4n) is 2.23. The van der Waals surface area contributed by atoms with Gasteiger partial charge in [0.1, 0.15) is 17.3 Å². The quantitative estimate of drug-likeness (QED) is 0.889. The lowest BCUT2D eigenvalue weighted by Crippen LogP contribution is -2.09. The average molecular weight is 289 g/mol. The number of ether oxygens (including phenoxy) is 2. The van der Waals surface area contributed by atoms with Crippen LogP contribution < -0.4 is 14.8 Å². The number of benzene rings is 2. The smallest absolute Gasteiger partial charge is 0.141 e. The molecule has 0 fully saturated rings. The van der Waals surface area contributed by atoms with E-state index >= 15 is 0 Å². The molecular formula is C17H20FNO2. The van der Waals surface area contributed by atoms with Gasteiger partial charge in [0.15, 0.2) is 0 Å². The van der Waals surface area contributed by atoms with E-state index in [1.54, 1.807) is 19.2 Å². The van der Waals surface area contributed by atoms with Crippen molar-refractivity contribution in [1.29, 1.82) is 0 Å². The van der Waals surface area contributed by atoms with Crippen molar-refractivity contribution >= 4 is 5.69 Å². The zero-order valence-electron chi connectivity index (χ0n) is 12.7. The maximum absolute atomic E-state index is 14.1. The van der Waals surface area contributed by atoms with Crippen molar-refractivity contribution in [2.45, 2.75) is 19.9 Å². The Bertz CT molecular complexity index is 628. The van der Waals surface area contributed by atoms with Crippen LogP contribution in [0.25, 0.3) is 0 Å². The van der Waals surface area contributed by atoms with Crippen molar-refractivity contribution in [2.24, 2.45) is 0 Å². The number of methoxy groups -OCH3 is 2. The highest BCUT2D eigenvalue weighted by Gasteiger charge is 2.13. The Balaban J connectivity index is 2.25. The topological polar surface area (TPSA) is 30.5 Å². The molecule has 0 radical (unpaired) electrons. The maximum atomic E-state index is 14.1. The lowest BCUT2D eigenvalue weighted by molar-refractivity contribution is 0.410. The summed E-state index contributed by atoms with van der Waals surface area (Å²) in [4.78, 5) is 0. The van der Waals surface area contributed by atoms with Gasteiger partial charge in [-0.1, -0.05) is 12.1 Å². The number of nitrogens with one attached hydrogen (secondary N) is 1. The number of anilines is 1. The molecule has 0 aliphatic rings. The molecule has 1 unspecified atom stereocenters. The van der Waals surface area contributed by atoms with Crippen LogP contribution in [0.5, 0.6) is 11.5 Å². The zero-order chi connectivity index (χ0) is 15.4. The summed E-state index contributed by atoms with van der Waals surface area (Å²) in [6.45, 7) is 3.91. The molecule has 0 bridgehead atoms. The van der Waals surface area contributed by atoms with Crippen LogP contribution in [-0.4, -0.2) is 14.2 Å². The molecule has 0 heterocycles. The van der Waals surface area contributed by atoms with Gasteiger partial charge in [0.2, 0.25) is 0 Å². The normalized spacial score (nSPS) is 11.9. The summed E-state index contributed by atoms with van der Waals surface area (Å²) in [5.74, 6) is 0.957. The van der Waals surface area contributed by atoms with E-state index in [-0.39, 0.29) is 11.9 Å². The van der Waals surface area contributed by atoms with Crippen LogP contribution in [-0.2, 0) is 0 Å². The summed E-state index contributed by atoms with van der Waals surface area (Å²) < 4.78 is 24.4. The lowest BCUT2D eigenvalue weighted by atomic mass is 10.1. The van der Waals surface area contributed by atoms with Crippen LogP contribution in [0.3, 0.4) is 0 Å². The Kier molecular flexibility index (Phi) is 4.68. The van der Waals surface area contributed by atoms with Gasteiger partial charge in [-0.15, -0.1) is 0 Å². The summed E-state index contributed by atoms with van der Waals surface area (Å²) in [5, 5.41) is 3.29. The van der Waals surface area contributed by atoms with Crippen molar-refractivity contribution in [1.82, 2.24) is 0 Å². The first kappa shape index (κ1) is 15.2. The third-order valence-electron chi connectivity index (χ3n) is 3.40. The minimum Gasteiger partial charge on any atom is -0.497 e. The molecule has 2 rings (SSSR count). The van der Waals surface area contributed by atoms with Gasteiger partial charge < -0.3 is 14.8 Å². The van der Waals surface area contributed by atoms with Crippen LogP contribution in [0.15, 0.2) is 36.4 Å². The number of hydrogen-bond acceptors (Lipinski definition) is 3. The van der Waals surface area contributed by atoms with E-state index < -0.39 is 0 Å². The molecule has 1 N–H and O–H groups in total. The van der Waals surface area contributed by atoms with Crippen molar-refractivity contribution in [3.63, 3.8) is 0 Å². The van der Waals surface area contributed by atoms with Crippen molar-refractivity contribution in [3.05, 3.63) is 53.3 Å². The number of halogens is 1. The van der Waals surface area contributed by atoms with Crippen LogP contribution in [0, 0.1) is 12.7 Å². The molecule has 0 spiro atoms. The predicted molar refractivity (Wildman–Crippen MR) is 82.7 cm³/mol. The van der Waals surface area contributed by atoms with E-state index in [1.165, 1.54) is 13.2 Å². The van der Waals surface area contributed by atoms with E-state index in [9.17, 15) is 4.39 Å². The van der Waals surface area contributed by atoms with Gasteiger partial charge in [0.05, 0.1) is 25.9 Å². The second-order valence-electron chi connectivity index (χ2n) is 4.96. The molecule has 0 aliphatic heterocycles. The summed E-state index contributed by atoms with van der Waals surface area (Å²) in [7, 11) is 3.14. The Morgan fingerprint density at radius 3 is 2.43 bits per heavy atom. The van der Waals surface area contributed by atoms with E-state index in [0.29, 0.717) is 11.3 Å². The molecule has 2 aromatic carbocycles. The predicted octanol–water partition coefficient (Wildman–Crippen LogP) is 4.32. The monoisotopic (exact) mass is 289 g/mol. The van der Waals surface area contributed by atoms with E-state index in [0.717, 1.165) is 17.0 Å². The molecule has 2 aromatic rings. The third-order valence-corrected chi connectivity index (χ3v) is 3.40. The highest BCUT2D eigenvalue weighted by Crippen LogP contribution is 2.30. The van der Waals surface area contributed by atoms with Crippen LogP contribution in [0.1, 0.15) is 24.1 Å². The van der Waals surface area contributed by atoms with Crippen LogP contribution in [0.2, 0.25) is 0 Å². The summed E-state index contributed by atoms with van der Waals surface area (Å²) in [6, 6.07) is 10.5. The van der Waals surface area contributed by atoms with Gasteiger partial charge >= 0.3 is 0 Å². The largest absolute Gasteiger partial charge is 0.497 e. The first-order valence-corrected chi connectivity index (χ1v) is 6.79. The molecule has 21 heavy (non-hydrogen) atoms. The van der Waals surface area contributed by atoms with Crippen molar-refractivity contribution < 1.29 is 13.9 Å². The number of rotatable bonds is 5. The Morgan fingerprint density at radius 1 is 1.05 bits per heavy atom. The maximum Gasteiger partial charge on any atom is 0.141 e. The van der Waals surface area contributed by atoms with E-state index in [4.69, 9.17) is 9.47 Å². The molecule has 0 aliphatic carbocycles. The minimum absolute atomic E-state index is 0.188. The highest BCUT2D eigenvalue weighted by molar-refractivity contribution is 5.59. The van der Waals surface area contributed by atoms with Crippen LogP contribution >= 0.6 is 0 Å². The second-order valence-corrected chi connectivity index (χ2v) is 4.96. The molecule has 112 valence electrons. The molecule has 4 heteroatoms. The summed E-state index contributed by atoms with van der Waals surface area (Å²) >= 11 is 0. The Hall–Kier alpha value is -2.23. The van der Waals surface area contributed by atoms with Gasteiger partial charge in [-0.2, -0.15) is 0 Å². The minimum atomic E-state index is -0.291. The second kappa shape index (κ2) is 6.48. The van der Waals surface area contributed by atoms with Gasteiger partial charge in [0.25, 0.3) is 0 Å². The first-order chi connectivity index (χ1) is 10.0. The number of aryl methyl sites for hydroxylation is 1. The fraction of sp³-hybridized carbons (Fsp3) is 0.294. The average Bonchev–Trinajstić information content (AvgIpc) is 2.47. The zero-order valence-corrected chi connectivity index (χ0v) is 12.7. The van der Waals surface area contributed by atoms with Gasteiger partial charge in [-0.25, -0.2) is 4.39 Å². The van der Waals surface area contributed by atoms with Crippen molar-refractivity contribution in [3.8, 4) is 11.5 Å². The standard InChI is InChI=1S/C17H20FNO2/c1-11-5-8-17(21-4)16(9-11)19-12(2)14-7-6-13(20-3)10-15(14)18/h5-10,12,19H,1-4H3. The molecule has 3 nitrogen and oxygen atoms in total. The fourth-order valence-corrected chi connectivity index (χ4v) is 2.23. The van der Waals surface area contributed by atoms with E-state index in [2.05, 4.69) is 5.32 Å². The summed E-state index contributed by atoms with van der Waals surface area (Å²) in [5.41, 5.74) is 2.54. The Labute approximate surface area is 124 Å². The van der Waals surface area contributed by atoms with Crippen molar-refractivity contribution in [2.75, 3.05) is 19.5 Å². The highest BCUT2D eigenvalue weighted by atomic mass is 19.1. The van der Waals surface area contributed by atoms with Crippen LogP contribution in [0.4, 0.5) is 10.1 Å². The van der Waals surface area contributed by atoms with E-state index in [1.807, 2.05) is 32.0 Å². The molecule has 0 aromatic heterocycles. The number of hydrogen-bond donors (Lipinski definition) is 1. The molecule has 0 saturated heterocycles. The molecule has 1 atom stereocenters. The van der Waals surface area contributed by atoms with Gasteiger partial charge in [0, 0.05) is 11.6 Å². The van der Waals surface area contributed by atoms with Gasteiger partial charge in [-0.05, 0) is 37.6 Å². The lowest BCUT2D eigenvalue weighted by Gasteiger charge is -2.19. The third kappa shape index (κ3) is 3.45. The van der Waals surface area contributed by atoms with Gasteiger partial charge in [-0.3, -0.25) is 0 Å².